The van der Waals surface area contributed by atoms with E-state index in [2.05, 4.69) is 15.2 Å². The van der Waals surface area contributed by atoms with E-state index in [-0.39, 0.29) is 11.7 Å². The predicted molar refractivity (Wildman–Crippen MR) is 72.7 cm³/mol. The maximum atomic E-state index is 12.3. The van der Waals surface area contributed by atoms with Gasteiger partial charge in [0.2, 0.25) is 5.82 Å². The number of aromatic nitrogens is 3. The number of amides is 1. The highest BCUT2D eigenvalue weighted by molar-refractivity contribution is 5.90. The molecule has 1 amide bonds. The van der Waals surface area contributed by atoms with Gasteiger partial charge in [-0.3, -0.25) is 9.89 Å². The van der Waals surface area contributed by atoms with Crippen molar-refractivity contribution in [3.63, 3.8) is 0 Å². The molecule has 0 aliphatic carbocycles. The quantitative estimate of drug-likeness (QED) is 0.913. The summed E-state index contributed by atoms with van der Waals surface area (Å²) in [6.07, 6.45) is 0. The van der Waals surface area contributed by atoms with E-state index in [1.807, 2.05) is 38.1 Å². The van der Waals surface area contributed by atoms with Crippen molar-refractivity contribution in [1.82, 2.24) is 20.1 Å². The Labute approximate surface area is 112 Å². The van der Waals surface area contributed by atoms with Crippen LogP contribution in [-0.2, 0) is 6.54 Å². The summed E-state index contributed by atoms with van der Waals surface area (Å²) in [5.41, 5.74) is 2.32. The number of hydrogen-bond acceptors (Lipinski definition) is 3. The molecule has 5 nitrogen and oxygen atoms in total. The number of hydrogen-bond donors (Lipinski definition) is 1. The van der Waals surface area contributed by atoms with Gasteiger partial charge in [-0.25, -0.2) is 4.98 Å². The fourth-order valence-corrected chi connectivity index (χ4v) is 1.90. The van der Waals surface area contributed by atoms with Crippen LogP contribution in [0.15, 0.2) is 24.3 Å². The molecule has 0 saturated heterocycles. The molecule has 0 aliphatic rings. The van der Waals surface area contributed by atoms with Gasteiger partial charge in [0, 0.05) is 13.1 Å². The van der Waals surface area contributed by atoms with Gasteiger partial charge in [-0.15, -0.1) is 5.10 Å². The Hall–Kier alpha value is -2.17. The molecule has 0 unspecified atom stereocenters. The minimum absolute atomic E-state index is 0.143. The Morgan fingerprint density at radius 2 is 2.05 bits per heavy atom. The molecule has 1 aromatic heterocycles. The third-order valence-corrected chi connectivity index (χ3v) is 3.08. The average molecular weight is 258 g/mol. The van der Waals surface area contributed by atoms with E-state index in [9.17, 15) is 4.79 Å². The van der Waals surface area contributed by atoms with Gasteiger partial charge in [0.15, 0.2) is 0 Å². The van der Waals surface area contributed by atoms with Gasteiger partial charge < -0.3 is 4.90 Å². The molecule has 0 fully saturated rings. The number of carbonyl (C=O) groups excluding carboxylic acids is 1. The lowest BCUT2D eigenvalue weighted by molar-refractivity contribution is 0.0740. The summed E-state index contributed by atoms with van der Waals surface area (Å²) in [6, 6.07) is 8.06. The highest BCUT2D eigenvalue weighted by Gasteiger charge is 2.19. The molecule has 2 aromatic rings. The van der Waals surface area contributed by atoms with Crippen molar-refractivity contribution in [2.75, 3.05) is 6.54 Å². The monoisotopic (exact) mass is 258 g/mol. The second-order valence-corrected chi connectivity index (χ2v) is 4.49. The number of aromatic amines is 1. The zero-order valence-corrected chi connectivity index (χ0v) is 11.5. The van der Waals surface area contributed by atoms with Gasteiger partial charge in [0.1, 0.15) is 5.82 Å². The van der Waals surface area contributed by atoms with Crippen LogP contribution in [0.1, 0.15) is 34.5 Å². The molecule has 0 saturated carbocycles. The fourth-order valence-electron chi connectivity index (χ4n) is 1.90. The number of H-pyrrole nitrogens is 1. The van der Waals surface area contributed by atoms with Crippen molar-refractivity contribution in [2.45, 2.75) is 27.3 Å². The first-order valence-corrected chi connectivity index (χ1v) is 6.34. The number of nitrogens with one attached hydrogen (secondary N) is 1. The predicted octanol–water partition coefficient (Wildman–Crippen LogP) is 2.08. The number of rotatable bonds is 4. The van der Waals surface area contributed by atoms with Gasteiger partial charge in [-0.1, -0.05) is 24.3 Å². The number of benzene rings is 1. The van der Waals surface area contributed by atoms with Crippen molar-refractivity contribution in [3.8, 4) is 0 Å². The molecule has 0 radical (unpaired) electrons. The van der Waals surface area contributed by atoms with E-state index in [0.29, 0.717) is 18.9 Å². The second kappa shape index (κ2) is 5.65. The van der Waals surface area contributed by atoms with Crippen LogP contribution >= 0.6 is 0 Å². The Balaban J connectivity index is 2.17. The highest BCUT2D eigenvalue weighted by atomic mass is 16.2. The lowest BCUT2D eigenvalue weighted by Crippen LogP contribution is -2.31. The standard InChI is InChI=1S/C14H18N4O/c1-4-18(9-12-8-6-5-7-10(12)2)14(19)13-15-11(3)16-17-13/h5-8H,4,9H2,1-3H3,(H,15,16,17). The summed E-state index contributed by atoms with van der Waals surface area (Å²) in [6.45, 7) is 6.98. The maximum Gasteiger partial charge on any atom is 0.293 e. The van der Waals surface area contributed by atoms with Crippen molar-refractivity contribution in [2.24, 2.45) is 0 Å². The largest absolute Gasteiger partial charge is 0.332 e. The van der Waals surface area contributed by atoms with E-state index in [1.165, 1.54) is 5.56 Å². The molecule has 0 spiro atoms. The van der Waals surface area contributed by atoms with E-state index >= 15 is 0 Å². The Kier molecular flexibility index (Phi) is 3.94. The van der Waals surface area contributed by atoms with Crippen LogP contribution in [0.5, 0.6) is 0 Å². The van der Waals surface area contributed by atoms with Crippen LogP contribution in [0.4, 0.5) is 0 Å². The van der Waals surface area contributed by atoms with E-state index in [4.69, 9.17) is 0 Å². The smallest absolute Gasteiger partial charge is 0.293 e. The zero-order valence-electron chi connectivity index (χ0n) is 11.5. The SMILES string of the molecule is CCN(Cc1ccccc1C)C(=O)c1n[nH]c(C)n1. The number of nitrogens with zero attached hydrogens (tertiary/aromatic N) is 3. The normalized spacial score (nSPS) is 10.5. The molecular formula is C14H18N4O. The van der Waals surface area contributed by atoms with Gasteiger partial charge >= 0.3 is 0 Å². The molecule has 1 heterocycles. The minimum atomic E-state index is -0.143. The first-order valence-electron chi connectivity index (χ1n) is 6.34. The molecule has 1 aromatic carbocycles. The molecule has 1 N–H and O–H groups in total. The van der Waals surface area contributed by atoms with E-state index < -0.39 is 0 Å². The number of aryl methyl sites for hydroxylation is 2. The van der Waals surface area contributed by atoms with Crippen molar-refractivity contribution in [3.05, 3.63) is 47.0 Å². The summed E-state index contributed by atoms with van der Waals surface area (Å²) in [5, 5.41) is 6.62. The number of carbonyl (C=O) groups is 1. The van der Waals surface area contributed by atoms with Crippen molar-refractivity contribution < 1.29 is 4.79 Å². The van der Waals surface area contributed by atoms with Crippen LogP contribution in [0.3, 0.4) is 0 Å². The van der Waals surface area contributed by atoms with Crippen LogP contribution in [0, 0.1) is 13.8 Å². The summed E-state index contributed by atoms with van der Waals surface area (Å²) in [7, 11) is 0. The van der Waals surface area contributed by atoms with Gasteiger partial charge in [0.05, 0.1) is 0 Å². The maximum absolute atomic E-state index is 12.3. The molecular weight excluding hydrogens is 240 g/mol. The van der Waals surface area contributed by atoms with Gasteiger partial charge in [-0.2, -0.15) is 0 Å². The van der Waals surface area contributed by atoms with Gasteiger partial charge in [0.25, 0.3) is 5.91 Å². The Morgan fingerprint density at radius 3 is 2.63 bits per heavy atom. The highest BCUT2D eigenvalue weighted by Crippen LogP contribution is 2.12. The van der Waals surface area contributed by atoms with Crippen LogP contribution in [-0.4, -0.2) is 32.5 Å². The first kappa shape index (κ1) is 13.3. The molecule has 0 bridgehead atoms. The molecule has 100 valence electrons. The lowest BCUT2D eigenvalue weighted by atomic mass is 10.1. The van der Waals surface area contributed by atoms with Crippen molar-refractivity contribution >= 4 is 5.91 Å². The van der Waals surface area contributed by atoms with Gasteiger partial charge in [-0.05, 0) is 31.9 Å². The molecule has 19 heavy (non-hydrogen) atoms. The van der Waals surface area contributed by atoms with Crippen LogP contribution in [0.25, 0.3) is 0 Å². The summed E-state index contributed by atoms with van der Waals surface area (Å²) >= 11 is 0. The summed E-state index contributed by atoms with van der Waals surface area (Å²) < 4.78 is 0. The second-order valence-electron chi connectivity index (χ2n) is 4.49. The molecule has 5 heteroatoms. The topological polar surface area (TPSA) is 61.9 Å². The van der Waals surface area contributed by atoms with E-state index in [1.54, 1.807) is 11.8 Å². The van der Waals surface area contributed by atoms with Crippen LogP contribution in [0.2, 0.25) is 0 Å². The van der Waals surface area contributed by atoms with Crippen molar-refractivity contribution in [1.29, 1.82) is 0 Å². The summed E-state index contributed by atoms with van der Waals surface area (Å²) in [4.78, 5) is 18.1. The average Bonchev–Trinajstić information content (AvgIpc) is 2.84. The summed E-state index contributed by atoms with van der Waals surface area (Å²) in [5.74, 6) is 0.735. The lowest BCUT2D eigenvalue weighted by Gasteiger charge is -2.20. The van der Waals surface area contributed by atoms with E-state index in [0.717, 1.165) is 5.56 Å². The molecule has 0 aliphatic heterocycles. The zero-order chi connectivity index (χ0) is 13.8. The Bertz CT molecular complexity index is 576. The third-order valence-electron chi connectivity index (χ3n) is 3.08. The molecule has 2 rings (SSSR count). The van der Waals surface area contributed by atoms with Crippen LogP contribution < -0.4 is 0 Å². The fraction of sp³-hybridized carbons (Fsp3) is 0.357. The minimum Gasteiger partial charge on any atom is -0.332 e. The first-order chi connectivity index (χ1) is 9.11. The Morgan fingerprint density at radius 1 is 1.32 bits per heavy atom. The third kappa shape index (κ3) is 2.99. The molecule has 0 atom stereocenters.